The molecule has 1 atom stereocenters. The second-order valence-electron chi connectivity index (χ2n) is 8.73. The predicted octanol–water partition coefficient (Wildman–Crippen LogP) is 4.31. The molecular formula is C25H25F3N2O5. The quantitative estimate of drug-likeness (QED) is 0.546. The lowest BCUT2D eigenvalue weighted by Crippen LogP contribution is -2.49. The molecule has 0 bridgehead atoms. The first-order valence-electron chi connectivity index (χ1n) is 11.3. The molecule has 2 aromatic carbocycles. The molecule has 4 rings (SSSR count). The predicted molar refractivity (Wildman–Crippen MR) is 120 cm³/mol. The zero-order valence-corrected chi connectivity index (χ0v) is 18.8. The maximum atomic E-state index is 13.6. The molecule has 0 saturated heterocycles. The average molecular weight is 490 g/mol. The van der Waals surface area contributed by atoms with Gasteiger partial charge in [0.1, 0.15) is 12.6 Å². The molecule has 2 amide bonds. The molecule has 2 aliphatic rings. The summed E-state index contributed by atoms with van der Waals surface area (Å²) in [6.07, 6.45) is -6.32. The number of fused-ring (bicyclic) bond motifs is 3. The van der Waals surface area contributed by atoms with Gasteiger partial charge in [0.05, 0.1) is 12.8 Å². The fraction of sp³-hybridized carbons (Fsp3) is 0.400. The Balaban J connectivity index is 1.40. The number of rotatable bonds is 9. The highest BCUT2D eigenvalue weighted by molar-refractivity contribution is 5.80. The van der Waals surface area contributed by atoms with E-state index < -0.39 is 36.6 Å². The Bertz CT molecular complexity index is 1070. The van der Waals surface area contributed by atoms with Gasteiger partial charge in [-0.3, -0.25) is 9.59 Å². The van der Waals surface area contributed by atoms with E-state index in [-0.39, 0.29) is 31.5 Å². The molecule has 0 heterocycles. The fourth-order valence-electron chi connectivity index (χ4n) is 4.44. The van der Waals surface area contributed by atoms with Crippen molar-refractivity contribution in [2.75, 3.05) is 13.2 Å². The molecule has 35 heavy (non-hydrogen) atoms. The number of halogens is 3. The minimum absolute atomic E-state index is 0.162. The van der Waals surface area contributed by atoms with E-state index in [9.17, 15) is 27.6 Å². The highest BCUT2D eigenvalue weighted by Crippen LogP contribution is 2.44. The number of ether oxygens (including phenoxy) is 1. The smallest absolute Gasteiger partial charge is 0.409 e. The van der Waals surface area contributed by atoms with Crippen LogP contribution in [0.2, 0.25) is 0 Å². The summed E-state index contributed by atoms with van der Waals surface area (Å²) in [4.78, 5) is 36.9. The number of alkyl halides is 3. The topological polar surface area (TPSA) is 95.9 Å². The van der Waals surface area contributed by atoms with Gasteiger partial charge in [-0.2, -0.15) is 13.2 Å². The number of alkyl carbamates (subject to hydrolysis) is 1. The molecule has 186 valence electrons. The maximum Gasteiger partial charge on any atom is 0.409 e. The number of carboxylic acids is 1. The van der Waals surface area contributed by atoms with Gasteiger partial charge in [0.25, 0.3) is 0 Å². The molecule has 0 aromatic heterocycles. The summed E-state index contributed by atoms with van der Waals surface area (Å²) in [5.74, 6) is -2.32. The molecule has 1 saturated carbocycles. The Hall–Kier alpha value is -3.56. The first-order chi connectivity index (χ1) is 16.6. The number of aliphatic carboxylic acids is 1. The van der Waals surface area contributed by atoms with Crippen LogP contribution in [-0.4, -0.2) is 59.4 Å². The maximum absolute atomic E-state index is 13.6. The number of carbonyl (C=O) groups excluding carboxylic acids is 2. The fourth-order valence-corrected chi connectivity index (χ4v) is 4.44. The van der Waals surface area contributed by atoms with E-state index in [0.29, 0.717) is 12.8 Å². The van der Waals surface area contributed by atoms with Gasteiger partial charge >= 0.3 is 18.2 Å². The standard InChI is InChI=1S/C25H25F3N2O5/c26-25(27,28)21(13-22(31)30(15-9-10-15)12-11-23(32)33)29-24(34)35-14-20-18-7-3-1-5-16(18)17-6-2-4-8-19(17)20/h1-8,15,20-21H,9-14H2,(H,29,34)(H,32,33). The van der Waals surface area contributed by atoms with Crippen LogP contribution in [-0.2, 0) is 14.3 Å². The van der Waals surface area contributed by atoms with E-state index in [1.807, 2.05) is 48.5 Å². The van der Waals surface area contributed by atoms with Gasteiger partial charge in [-0.1, -0.05) is 48.5 Å². The molecule has 1 unspecified atom stereocenters. The van der Waals surface area contributed by atoms with Crippen molar-refractivity contribution in [1.29, 1.82) is 0 Å². The first kappa shape index (κ1) is 24.6. The molecule has 10 heteroatoms. The third-order valence-electron chi connectivity index (χ3n) is 6.28. The third kappa shape index (κ3) is 5.75. The van der Waals surface area contributed by atoms with Crippen LogP contribution in [0.4, 0.5) is 18.0 Å². The van der Waals surface area contributed by atoms with Crippen LogP contribution in [0.3, 0.4) is 0 Å². The highest BCUT2D eigenvalue weighted by Gasteiger charge is 2.44. The van der Waals surface area contributed by atoms with E-state index in [1.54, 1.807) is 5.32 Å². The summed E-state index contributed by atoms with van der Waals surface area (Å²) < 4.78 is 46.1. The molecule has 1 fully saturated rings. The molecule has 7 nitrogen and oxygen atoms in total. The van der Waals surface area contributed by atoms with E-state index in [2.05, 4.69) is 0 Å². The zero-order valence-electron chi connectivity index (χ0n) is 18.8. The van der Waals surface area contributed by atoms with Crippen LogP contribution in [0.1, 0.15) is 42.7 Å². The monoisotopic (exact) mass is 490 g/mol. The van der Waals surface area contributed by atoms with Gasteiger partial charge in [-0.05, 0) is 35.1 Å². The number of amides is 2. The second kappa shape index (κ2) is 9.97. The van der Waals surface area contributed by atoms with Crippen molar-refractivity contribution in [3.63, 3.8) is 0 Å². The normalized spacial score (nSPS) is 15.6. The minimum atomic E-state index is -4.89. The number of hydrogen-bond donors (Lipinski definition) is 2. The van der Waals surface area contributed by atoms with Gasteiger partial charge in [-0.15, -0.1) is 0 Å². The van der Waals surface area contributed by atoms with Gasteiger partial charge in [0.15, 0.2) is 0 Å². The molecule has 2 N–H and O–H groups in total. The van der Waals surface area contributed by atoms with Crippen molar-refractivity contribution in [1.82, 2.24) is 10.2 Å². The number of hydrogen-bond acceptors (Lipinski definition) is 4. The van der Waals surface area contributed by atoms with Crippen LogP contribution < -0.4 is 5.32 Å². The molecule has 2 aliphatic carbocycles. The van der Waals surface area contributed by atoms with Crippen LogP contribution in [0, 0.1) is 0 Å². The van der Waals surface area contributed by atoms with Crippen LogP contribution in [0.15, 0.2) is 48.5 Å². The average Bonchev–Trinajstić information content (AvgIpc) is 3.59. The van der Waals surface area contributed by atoms with E-state index in [4.69, 9.17) is 9.84 Å². The summed E-state index contributed by atoms with van der Waals surface area (Å²) >= 11 is 0. The van der Waals surface area contributed by atoms with Crippen molar-refractivity contribution in [2.45, 2.75) is 49.9 Å². The van der Waals surface area contributed by atoms with Crippen LogP contribution in [0.5, 0.6) is 0 Å². The van der Waals surface area contributed by atoms with Crippen molar-refractivity contribution < 1.29 is 37.4 Å². The number of carbonyl (C=O) groups is 3. The van der Waals surface area contributed by atoms with E-state index in [1.165, 1.54) is 0 Å². The lowest BCUT2D eigenvalue weighted by molar-refractivity contribution is -0.163. The molecule has 0 radical (unpaired) electrons. The minimum Gasteiger partial charge on any atom is -0.481 e. The third-order valence-corrected chi connectivity index (χ3v) is 6.28. The summed E-state index contributed by atoms with van der Waals surface area (Å²) in [6.45, 7) is -0.334. The van der Waals surface area contributed by atoms with Crippen molar-refractivity contribution in [3.8, 4) is 11.1 Å². The summed E-state index contributed by atoms with van der Waals surface area (Å²) in [5, 5.41) is 10.6. The lowest BCUT2D eigenvalue weighted by atomic mass is 9.98. The SMILES string of the molecule is O=C(O)CCN(C(=O)CC(NC(=O)OCC1c2ccccc2-c2ccccc21)C(F)(F)F)C1CC1. The Kier molecular flexibility index (Phi) is 7.00. The Morgan fingerprint density at radius 2 is 1.60 bits per heavy atom. The van der Waals surface area contributed by atoms with Gasteiger partial charge in [0, 0.05) is 18.5 Å². The Morgan fingerprint density at radius 1 is 1.03 bits per heavy atom. The Morgan fingerprint density at radius 3 is 2.11 bits per heavy atom. The molecule has 2 aromatic rings. The van der Waals surface area contributed by atoms with Gasteiger partial charge in [0.2, 0.25) is 5.91 Å². The number of nitrogens with one attached hydrogen (secondary N) is 1. The van der Waals surface area contributed by atoms with Crippen LogP contribution >= 0.6 is 0 Å². The number of nitrogens with zero attached hydrogens (tertiary/aromatic N) is 1. The largest absolute Gasteiger partial charge is 0.481 e. The lowest BCUT2D eigenvalue weighted by Gasteiger charge is -2.26. The van der Waals surface area contributed by atoms with Crippen LogP contribution in [0.25, 0.3) is 11.1 Å². The number of carboxylic acid groups (broad SMARTS) is 1. The van der Waals surface area contributed by atoms with Crippen molar-refractivity contribution in [2.24, 2.45) is 0 Å². The first-order valence-corrected chi connectivity index (χ1v) is 11.3. The number of benzene rings is 2. The molecular weight excluding hydrogens is 465 g/mol. The summed E-state index contributed by atoms with van der Waals surface area (Å²) in [5.41, 5.74) is 3.81. The van der Waals surface area contributed by atoms with Gasteiger partial charge in [-0.25, -0.2) is 4.79 Å². The summed E-state index contributed by atoms with van der Waals surface area (Å²) in [7, 11) is 0. The van der Waals surface area contributed by atoms with Crippen molar-refractivity contribution in [3.05, 3.63) is 59.7 Å². The Labute approximate surface area is 199 Å². The van der Waals surface area contributed by atoms with E-state index in [0.717, 1.165) is 27.2 Å². The zero-order chi connectivity index (χ0) is 25.2. The second-order valence-corrected chi connectivity index (χ2v) is 8.73. The van der Waals surface area contributed by atoms with Gasteiger partial charge < -0.3 is 20.1 Å². The summed E-state index contributed by atoms with van der Waals surface area (Å²) in [6, 6.07) is 12.4. The van der Waals surface area contributed by atoms with Crippen molar-refractivity contribution >= 4 is 18.0 Å². The van der Waals surface area contributed by atoms with E-state index >= 15 is 0 Å². The molecule has 0 spiro atoms. The molecule has 0 aliphatic heterocycles. The highest BCUT2D eigenvalue weighted by atomic mass is 19.4.